The maximum Gasteiger partial charge on any atom is 0.193 e. The molecule has 2 fully saturated rings. The molecule has 5 nitrogen and oxygen atoms in total. The predicted molar refractivity (Wildman–Crippen MR) is 130 cm³/mol. The number of likely N-dealkylation sites (tertiary alicyclic amines) is 1. The smallest absolute Gasteiger partial charge is 0.193 e. The van der Waals surface area contributed by atoms with E-state index in [1.54, 1.807) is 0 Å². The fraction of sp³-hybridized carbons (Fsp3) is 0.682. The van der Waals surface area contributed by atoms with Gasteiger partial charge in [-0.2, -0.15) is 0 Å². The highest BCUT2D eigenvalue weighted by Gasteiger charge is 2.26. The molecule has 0 spiro atoms. The Kier molecular flexibility index (Phi) is 10.0. The second kappa shape index (κ2) is 12.0. The largest absolute Gasteiger partial charge is 0.356 e. The van der Waals surface area contributed by atoms with Crippen molar-refractivity contribution < 1.29 is 0 Å². The van der Waals surface area contributed by atoms with Crippen LogP contribution in [-0.2, 0) is 0 Å². The van der Waals surface area contributed by atoms with E-state index in [0.29, 0.717) is 6.04 Å². The van der Waals surface area contributed by atoms with Crippen molar-refractivity contribution in [2.45, 2.75) is 32.2 Å². The van der Waals surface area contributed by atoms with E-state index >= 15 is 0 Å². The minimum absolute atomic E-state index is 0. The Bertz CT molecular complexity index is 594. The Morgan fingerprint density at radius 3 is 2.64 bits per heavy atom. The summed E-state index contributed by atoms with van der Waals surface area (Å²) >= 11 is 0. The summed E-state index contributed by atoms with van der Waals surface area (Å²) in [7, 11) is 4.14. The topological polar surface area (TPSA) is 34.1 Å². The van der Waals surface area contributed by atoms with Crippen LogP contribution < -0.4 is 5.32 Å². The number of guanidine groups is 1. The molecule has 2 aliphatic heterocycles. The van der Waals surface area contributed by atoms with E-state index in [2.05, 4.69) is 69.3 Å². The molecular weight excluding hydrogens is 461 g/mol. The van der Waals surface area contributed by atoms with Crippen LogP contribution in [0.4, 0.5) is 0 Å². The third-order valence-electron chi connectivity index (χ3n) is 5.95. The van der Waals surface area contributed by atoms with Gasteiger partial charge in [0.15, 0.2) is 5.96 Å². The summed E-state index contributed by atoms with van der Waals surface area (Å²) in [6, 6.07) is 11.5. The van der Waals surface area contributed by atoms with E-state index in [0.717, 1.165) is 64.1 Å². The van der Waals surface area contributed by atoms with Gasteiger partial charge in [-0.3, -0.25) is 9.89 Å². The molecule has 1 N–H and O–H groups in total. The number of piperazine rings is 1. The summed E-state index contributed by atoms with van der Waals surface area (Å²) in [6.45, 7) is 10.2. The first-order valence-corrected chi connectivity index (χ1v) is 10.6. The predicted octanol–water partition coefficient (Wildman–Crippen LogP) is 3.29. The highest BCUT2D eigenvalue weighted by Crippen LogP contribution is 2.24. The van der Waals surface area contributed by atoms with Gasteiger partial charge < -0.3 is 15.1 Å². The first-order valence-electron chi connectivity index (χ1n) is 10.6. The molecule has 2 atom stereocenters. The van der Waals surface area contributed by atoms with Gasteiger partial charge in [-0.1, -0.05) is 37.3 Å². The molecule has 1 aromatic carbocycles. The normalized spacial score (nSPS) is 24.7. The van der Waals surface area contributed by atoms with Crippen molar-refractivity contribution in [1.82, 2.24) is 20.0 Å². The zero-order valence-corrected chi connectivity index (χ0v) is 20.1. The molecule has 0 amide bonds. The summed E-state index contributed by atoms with van der Waals surface area (Å²) < 4.78 is 0. The second-order valence-corrected chi connectivity index (χ2v) is 8.25. The number of halogens is 1. The average Bonchev–Trinajstić information content (AvgIpc) is 2.69. The minimum Gasteiger partial charge on any atom is -0.356 e. The molecular formula is C22H38IN5. The minimum atomic E-state index is 0. The van der Waals surface area contributed by atoms with E-state index in [4.69, 9.17) is 0 Å². The molecule has 0 bridgehead atoms. The SMILES string of the molecule is CN=C(NCCCN1CCN(C)CC1c1ccccc1)N1CCCC(C)C1.I. The standard InChI is InChI=1S/C22H37N5.HI/c1-19-9-7-13-27(17-19)22(23-2)24-12-8-14-26-16-15-25(3)18-21(26)20-10-5-4-6-11-20;/h4-6,10-11,19,21H,7-9,12-18H2,1-3H3,(H,23,24);1H. The number of hydrogen-bond donors (Lipinski definition) is 1. The lowest BCUT2D eigenvalue weighted by molar-refractivity contribution is 0.0890. The van der Waals surface area contributed by atoms with E-state index in [1.807, 2.05) is 7.05 Å². The number of rotatable bonds is 5. The lowest BCUT2D eigenvalue weighted by Gasteiger charge is -2.40. The van der Waals surface area contributed by atoms with Gasteiger partial charge in [0.2, 0.25) is 0 Å². The Labute approximate surface area is 188 Å². The van der Waals surface area contributed by atoms with Crippen LogP contribution in [0, 0.1) is 5.92 Å². The van der Waals surface area contributed by atoms with Crippen LogP contribution in [0.3, 0.4) is 0 Å². The van der Waals surface area contributed by atoms with E-state index in [9.17, 15) is 0 Å². The van der Waals surface area contributed by atoms with Crippen molar-refractivity contribution >= 4 is 29.9 Å². The third-order valence-corrected chi connectivity index (χ3v) is 5.95. The van der Waals surface area contributed by atoms with Crippen molar-refractivity contribution in [1.29, 1.82) is 0 Å². The van der Waals surface area contributed by atoms with Gasteiger partial charge in [-0.05, 0) is 37.8 Å². The van der Waals surface area contributed by atoms with Crippen LogP contribution in [0.5, 0.6) is 0 Å². The monoisotopic (exact) mass is 499 g/mol. The van der Waals surface area contributed by atoms with Crippen LogP contribution >= 0.6 is 24.0 Å². The molecule has 2 unspecified atom stereocenters. The highest BCUT2D eigenvalue weighted by molar-refractivity contribution is 14.0. The number of nitrogens with one attached hydrogen (secondary N) is 1. The Hall–Kier alpha value is -0.860. The van der Waals surface area contributed by atoms with Gasteiger partial charge in [0.25, 0.3) is 0 Å². The van der Waals surface area contributed by atoms with Gasteiger partial charge in [0.1, 0.15) is 0 Å². The van der Waals surface area contributed by atoms with Gasteiger partial charge in [-0.25, -0.2) is 0 Å². The molecule has 28 heavy (non-hydrogen) atoms. The highest BCUT2D eigenvalue weighted by atomic mass is 127. The molecule has 2 aliphatic rings. The lowest BCUT2D eigenvalue weighted by atomic mass is 10.0. The lowest BCUT2D eigenvalue weighted by Crippen LogP contribution is -2.48. The van der Waals surface area contributed by atoms with E-state index < -0.39 is 0 Å². The maximum atomic E-state index is 4.51. The van der Waals surface area contributed by atoms with Crippen LogP contribution in [-0.4, -0.2) is 80.6 Å². The summed E-state index contributed by atoms with van der Waals surface area (Å²) in [5, 5.41) is 3.60. The van der Waals surface area contributed by atoms with Crippen molar-refractivity contribution in [3.8, 4) is 0 Å². The zero-order valence-electron chi connectivity index (χ0n) is 17.8. The summed E-state index contributed by atoms with van der Waals surface area (Å²) in [4.78, 5) is 12.0. The van der Waals surface area contributed by atoms with Crippen molar-refractivity contribution in [2.24, 2.45) is 10.9 Å². The molecule has 3 rings (SSSR count). The molecule has 158 valence electrons. The van der Waals surface area contributed by atoms with Crippen LogP contribution in [0.1, 0.15) is 37.8 Å². The molecule has 0 aromatic heterocycles. The Morgan fingerprint density at radius 1 is 1.14 bits per heavy atom. The number of hydrogen-bond acceptors (Lipinski definition) is 3. The molecule has 1 aromatic rings. The summed E-state index contributed by atoms with van der Waals surface area (Å²) in [5.74, 6) is 1.86. The van der Waals surface area contributed by atoms with Crippen molar-refractivity contribution in [3.05, 3.63) is 35.9 Å². The Morgan fingerprint density at radius 2 is 1.93 bits per heavy atom. The number of aliphatic imine (C=N–C) groups is 1. The number of likely N-dealkylation sites (N-methyl/N-ethyl adjacent to an activating group) is 1. The average molecular weight is 499 g/mol. The Balaban J connectivity index is 0.00000280. The maximum absolute atomic E-state index is 4.51. The van der Waals surface area contributed by atoms with Gasteiger partial charge in [0.05, 0.1) is 0 Å². The molecule has 6 heteroatoms. The fourth-order valence-corrected chi connectivity index (χ4v) is 4.41. The second-order valence-electron chi connectivity index (χ2n) is 8.25. The number of benzene rings is 1. The first-order chi connectivity index (χ1) is 13.2. The fourth-order valence-electron chi connectivity index (χ4n) is 4.41. The van der Waals surface area contributed by atoms with Gasteiger partial charge in [-0.15, -0.1) is 24.0 Å². The van der Waals surface area contributed by atoms with Gasteiger partial charge >= 0.3 is 0 Å². The molecule has 2 heterocycles. The summed E-state index contributed by atoms with van der Waals surface area (Å²) in [6.07, 6.45) is 3.77. The van der Waals surface area contributed by atoms with Crippen LogP contribution in [0.2, 0.25) is 0 Å². The summed E-state index contributed by atoms with van der Waals surface area (Å²) in [5.41, 5.74) is 1.44. The molecule has 0 saturated carbocycles. The van der Waals surface area contributed by atoms with E-state index in [1.165, 1.54) is 18.4 Å². The zero-order chi connectivity index (χ0) is 19.1. The first kappa shape index (κ1) is 23.4. The third kappa shape index (κ3) is 6.59. The molecule has 0 radical (unpaired) electrons. The van der Waals surface area contributed by atoms with Crippen LogP contribution in [0.15, 0.2) is 35.3 Å². The van der Waals surface area contributed by atoms with Crippen molar-refractivity contribution in [2.75, 3.05) is 59.9 Å². The van der Waals surface area contributed by atoms with Crippen LogP contribution in [0.25, 0.3) is 0 Å². The quantitative estimate of drug-likeness (QED) is 0.292. The number of piperidine rings is 1. The molecule has 2 saturated heterocycles. The van der Waals surface area contributed by atoms with Gasteiger partial charge in [0, 0.05) is 58.9 Å². The van der Waals surface area contributed by atoms with Crippen molar-refractivity contribution in [3.63, 3.8) is 0 Å². The molecule has 0 aliphatic carbocycles. The number of nitrogens with zero attached hydrogens (tertiary/aromatic N) is 4. The van der Waals surface area contributed by atoms with E-state index in [-0.39, 0.29) is 24.0 Å².